The normalized spacial score (nSPS) is 18.9. The molecule has 2 fully saturated rings. The van der Waals surface area contributed by atoms with Crippen molar-refractivity contribution in [2.75, 3.05) is 24.5 Å². The summed E-state index contributed by atoms with van der Waals surface area (Å²) in [5, 5.41) is 9.50. The van der Waals surface area contributed by atoms with Crippen molar-refractivity contribution in [2.24, 2.45) is 13.0 Å². The molecule has 0 spiro atoms. The summed E-state index contributed by atoms with van der Waals surface area (Å²) in [6.45, 7) is 5.40. The minimum absolute atomic E-state index is 0.0581. The van der Waals surface area contributed by atoms with Gasteiger partial charge in [-0.2, -0.15) is 4.98 Å². The summed E-state index contributed by atoms with van der Waals surface area (Å²) in [6, 6.07) is 8.50. The molecule has 2 aliphatic heterocycles. The van der Waals surface area contributed by atoms with E-state index < -0.39 is 17.3 Å². The summed E-state index contributed by atoms with van der Waals surface area (Å²) in [5.41, 5.74) is 0.770. The molecule has 11 nitrogen and oxygen atoms in total. The van der Waals surface area contributed by atoms with Crippen LogP contribution in [0.4, 0.5) is 10.7 Å². The zero-order valence-corrected chi connectivity index (χ0v) is 21.1. The molecule has 4 heterocycles. The standard InChI is InChI=1S/C26H30N6O5/c1-16(2)9-11-31-21-22(27-24(31)30-12-10-18-13-29(26(36)37)14-19(18)30)28(3)25(35)32(23(21)34)15-20(33)17-7-5-4-6-8-17/h4-9,18-19H,10-15H2,1-3H3,(H,36,37)/t18-,19+/m1/s1. The number of ketones is 1. The van der Waals surface area contributed by atoms with Crippen LogP contribution in [-0.2, 0) is 20.1 Å². The van der Waals surface area contributed by atoms with E-state index in [4.69, 9.17) is 4.98 Å². The highest BCUT2D eigenvalue weighted by Crippen LogP contribution is 2.35. The van der Waals surface area contributed by atoms with E-state index >= 15 is 0 Å². The highest BCUT2D eigenvalue weighted by Gasteiger charge is 2.44. The molecule has 0 bridgehead atoms. The lowest BCUT2D eigenvalue weighted by molar-refractivity contribution is 0.0968. The number of aromatic nitrogens is 4. The number of hydrogen-bond acceptors (Lipinski definition) is 6. The number of allylic oxidation sites excluding steroid dienone is 2. The zero-order chi connectivity index (χ0) is 26.4. The second-order valence-electron chi connectivity index (χ2n) is 10.00. The van der Waals surface area contributed by atoms with Crippen molar-refractivity contribution in [1.29, 1.82) is 0 Å². The molecule has 1 aromatic carbocycles. The average Bonchev–Trinajstić information content (AvgIpc) is 3.57. The first kappa shape index (κ1) is 24.5. The van der Waals surface area contributed by atoms with Crippen LogP contribution in [0.25, 0.3) is 11.2 Å². The van der Waals surface area contributed by atoms with Gasteiger partial charge < -0.3 is 19.5 Å². The molecule has 2 aliphatic rings. The van der Waals surface area contributed by atoms with E-state index in [9.17, 15) is 24.3 Å². The number of Topliss-reactive ketones (excluding diaryl/α,β-unsaturated/α-hetero) is 1. The maximum absolute atomic E-state index is 13.7. The smallest absolute Gasteiger partial charge is 0.407 e. The summed E-state index contributed by atoms with van der Waals surface area (Å²) in [5.74, 6) is 0.375. The molecule has 0 unspecified atom stereocenters. The molecule has 0 radical (unpaired) electrons. The second kappa shape index (κ2) is 9.38. The molecule has 2 atom stereocenters. The van der Waals surface area contributed by atoms with Gasteiger partial charge in [-0.15, -0.1) is 0 Å². The molecular weight excluding hydrogens is 476 g/mol. The van der Waals surface area contributed by atoms with Crippen LogP contribution in [0.3, 0.4) is 0 Å². The number of benzene rings is 1. The Morgan fingerprint density at radius 2 is 1.84 bits per heavy atom. The molecule has 37 heavy (non-hydrogen) atoms. The third kappa shape index (κ3) is 4.24. The first-order valence-electron chi connectivity index (χ1n) is 12.3. The highest BCUT2D eigenvalue weighted by molar-refractivity contribution is 5.96. The van der Waals surface area contributed by atoms with E-state index in [-0.39, 0.29) is 35.5 Å². The Kier molecular flexibility index (Phi) is 6.22. The zero-order valence-electron chi connectivity index (χ0n) is 21.1. The first-order chi connectivity index (χ1) is 17.7. The van der Waals surface area contributed by atoms with Crippen molar-refractivity contribution in [2.45, 2.75) is 39.4 Å². The number of carbonyl (C=O) groups excluding carboxylic acids is 1. The molecule has 2 aromatic heterocycles. The number of anilines is 1. The van der Waals surface area contributed by atoms with Crippen LogP contribution in [0.1, 0.15) is 30.6 Å². The van der Waals surface area contributed by atoms with E-state index in [0.717, 1.165) is 16.6 Å². The van der Waals surface area contributed by atoms with Crippen molar-refractivity contribution in [3.05, 3.63) is 68.4 Å². The second-order valence-corrected chi connectivity index (χ2v) is 10.00. The van der Waals surface area contributed by atoms with Crippen LogP contribution in [-0.4, -0.2) is 66.2 Å². The minimum Gasteiger partial charge on any atom is -0.465 e. The molecule has 1 amide bonds. The lowest BCUT2D eigenvalue weighted by Gasteiger charge is -2.25. The fraction of sp³-hybridized carbons (Fsp3) is 0.423. The maximum atomic E-state index is 13.7. The fourth-order valence-corrected chi connectivity index (χ4v) is 5.39. The number of imidazole rings is 1. The lowest BCUT2D eigenvalue weighted by Crippen LogP contribution is -2.41. The quantitative estimate of drug-likeness (QED) is 0.400. The Balaban J connectivity index is 1.64. The van der Waals surface area contributed by atoms with Crippen molar-refractivity contribution >= 4 is 29.0 Å². The van der Waals surface area contributed by atoms with E-state index in [0.29, 0.717) is 37.7 Å². The molecule has 2 saturated heterocycles. The Morgan fingerprint density at radius 3 is 2.51 bits per heavy atom. The van der Waals surface area contributed by atoms with Gasteiger partial charge in [-0.05, 0) is 20.3 Å². The van der Waals surface area contributed by atoms with Gasteiger partial charge >= 0.3 is 11.8 Å². The highest BCUT2D eigenvalue weighted by atomic mass is 16.4. The summed E-state index contributed by atoms with van der Waals surface area (Å²) in [7, 11) is 1.55. The Hall–Kier alpha value is -4.15. The molecule has 11 heteroatoms. The topological polar surface area (TPSA) is 123 Å². The Morgan fingerprint density at radius 1 is 1.11 bits per heavy atom. The number of rotatable bonds is 6. The lowest BCUT2D eigenvalue weighted by atomic mass is 10.1. The first-order valence-corrected chi connectivity index (χ1v) is 12.3. The van der Waals surface area contributed by atoms with Crippen molar-refractivity contribution in [3.63, 3.8) is 0 Å². The minimum atomic E-state index is -0.944. The van der Waals surface area contributed by atoms with Gasteiger partial charge in [0, 0.05) is 44.7 Å². The molecule has 5 rings (SSSR count). The van der Waals surface area contributed by atoms with Gasteiger partial charge in [-0.1, -0.05) is 42.0 Å². The molecule has 3 aromatic rings. The van der Waals surface area contributed by atoms with Gasteiger partial charge in [0.15, 0.2) is 16.9 Å². The summed E-state index contributed by atoms with van der Waals surface area (Å²) < 4.78 is 4.07. The maximum Gasteiger partial charge on any atom is 0.407 e. The van der Waals surface area contributed by atoms with Gasteiger partial charge in [0.1, 0.15) is 0 Å². The van der Waals surface area contributed by atoms with E-state index in [1.54, 1.807) is 41.9 Å². The fourth-order valence-electron chi connectivity index (χ4n) is 5.39. The summed E-state index contributed by atoms with van der Waals surface area (Å²) in [4.78, 5) is 59.7. The predicted octanol–water partition coefficient (Wildman–Crippen LogP) is 1.93. The van der Waals surface area contributed by atoms with Gasteiger partial charge in [0.2, 0.25) is 5.95 Å². The number of carbonyl (C=O) groups is 2. The number of amides is 1. The molecular formula is C26H30N6O5. The molecule has 1 N–H and O–H groups in total. The van der Waals surface area contributed by atoms with Crippen LogP contribution in [0.2, 0.25) is 0 Å². The monoisotopic (exact) mass is 506 g/mol. The van der Waals surface area contributed by atoms with Crippen LogP contribution in [0.5, 0.6) is 0 Å². The molecule has 0 aliphatic carbocycles. The largest absolute Gasteiger partial charge is 0.465 e. The predicted molar refractivity (Wildman–Crippen MR) is 138 cm³/mol. The average molecular weight is 507 g/mol. The van der Waals surface area contributed by atoms with Gasteiger partial charge in [-0.25, -0.2) is 9.59 Å². The van der Waals surface area contributed by atoms with Crippen molar-refractivity contribution in [3.8, 4) is 0 Å². The molecule has 0 saturated carbocycles. The van der Waals surface area contributed by atoms with Crippen LogP contribution in [0, 0.1) is 5.92 Å². The van der Waals surface area contributed by atoms with Gasteiger partial charge in [0.05, 0.1) is 12.6 Å². The third-order valence-corrected chi connectivity index (χ3v) is 7.37. The summed E-state index contributed by atoms with van der Waals surface area (Å²) >= 11 is 0. The van der Waals surface area contributed by atoms with E-state index in [2.05, 4.69) is 4.90 Å². The number of hydrogen-bond donors (Lipinski definition) is 1. The number of carboxylic acid groups (broad SMARTS) is 1. The van der Waals surface area contributed by atoms with E-state index in [1.807, 2.05) is 19.9 Å². The Labute approximate surface area is 212 Å². The van der Waals surface area contributed by atoms with Crippen LogP contribution in [0.15, 0.2) is 51.6 Å². The van der Waals surface area contributed by atoms with Crippen molar-refractivity contribution < 1.29 is 14.7 Å². The Bertz CT molecular complexity index is 1530. The van der Waals surface area contributed by atoms with Gasteiger partial charge in [-0.3, -0.25) is 18.7 Å². The number of fused-ring (bicyclic) bond motifs is 2. The number of aryl methyl sites for hydroxylation is 1. The van der Waals surface area contributed by atoms with E-state index in [1.165, 1.54) is 9.47 Å². The third-order valence-electron chi connectivity index (χ3n) is 7.37. The number of likely N-dealkylation sites (tertiary alicyclic amines) is 1. The SMILES string of the molecule is CC(C)=CCn1c(N2CC[C@@H]3CN(C(=O)O)C[C@@H]32)nc2c1c(=O)n(CC(=O)c1ccccc1)c(=O)n2C. The van der Waals surface area contributed by atoms with Crippen LogP contribution >= 0.6 is 0 Å². The van der Waals surface area contributed by atoms with Crippen molar-refractivity contribution in [1.82, 2.24) is 23.6 Å². The van der Waals surface area contributed by atoms with Crippen LogP contribution < -0.4 is 16.1 Å². The van der Waals surface area contributed by atoms with Gasteiger partial charge in [0.25, 0.3) is 5.56 Å². The summed E-state index contributed by atoms with van der Waals surface area (Å²) in [6.07, 6.45) is 1.84. The molecule has 194 valence electrons. The number of nitrogens with zero attached hydrogens (tertiary/aromatic N) is 6.